The summed E-state index contributed by atoms with van der Waals surface area (Å²) in [6, 6.07) is 11.1. The average molecular weight is 456 g/mol. The Morgan fingerprint density at radius 3 is 2.41 bits per heavy atom. The Bertz CT molecular complexity index is 1090. The topological polar surface area (TPSA) is 122 Å². The summed E-state index contributed by atoms with van der Waals surface area (Å²) in [4.78, 5) is 47.7. The summed E-state index contributed by atoms with van der Waals surface area (Å²) in [6.07, 6.45) is 1.52. The molecule has 32 heavy (non-hydrogen) atoms. The van der Waals surface area contributed by atoms with Gasteiger partial charge in [0.05, 0.1) is 25.1 Å². The number of ether oxygens (including phenoxy) is 3. The molecular weight excluding hydrogens is 438 g/mol. The maximum atomic E-state index is 12.4. The molecule has 1 aliphatic heterocycles. The van der Waals surface area contributed by atoms with Crippen molar-refractivity contribution in [3.05, 3.63) is 64.1 Å². The first-order chi connectivity index (χ1) is 15.3. The summed E-state index contributed by atoms with van der Waals surface area (Å²) in [6.45, 7) is -0.270. The molecular formula is C22H18NO8S-. The molecule has 0 N–H and O–H groups in total. The van der Waals surface area contributed by atoms with E-state index in [0.717, 1.165) is 22.2 Å². The molecule has 166 valence electrons. The standard InChI is InChI=1S/C22H19NO8S/c1-29-17-9-14(10-18-20(25)23(22(28)32-18)11-19(24)30-2)5-8-16(17)31-12-13-3-6-15(7-4-13)21(26)27/h3-10H,11-12H2,1-2H3,(H,26,27)/p-1/b18-10+. The molecule has 0 spiro atoms. The van der Waals surface area contributed by atoms with Gasteiger partial charge in [-0.05, 0) is 46.7 Å². The van der Waals surface area contributed by atoms with E-state index in [2.05, 4.69) is 4.74 Å². The van der Waals surface area contributed by atoms with Gasteiger partial charge in [0.25, 0.3) is 11.1 Å². The Morgan fingerprint density at radius 1 is 1.06 bits per heavy atom. The number of methoxy groups -OCH3 is 2. The van der Waals surface area contributed by atoms with E-state index in [4.69, 9.17) is 9.47 Å². The van der Waals surface area contributed by atoms with E-state index < -0.39 is 29.6 Å². The lowest BCUT2D eigenvalue weighted by Gasteiger charge is -2.12. The molecule has 1 aliphatic rings. The van der Waals surface area contributed by atoms with Gasteiger partial charge in [-0.25, -0.2) is 0 Å². The zero-order valence-electron chi connectivity index (χ0n) is 17.2. The minimum Gasteiger partial charge on any atom is -0.545 e. The fourth-order valence-corrected chi connectivity index (χ4v) is 3.61. The van der Waals surface area contributed by atoms with Crippen molar-refractivity contribution < 1.29 is 38.5 Å². The number of carboxylic acid groups (broad SMARTS) is 1. The molecule has 0 radical (unpaired) electrons. The minimum atomic E-state index is -1.25. The van der Waals surface area contributed by atoms with Crippen LogP contribution in [0.4, 0.5) is 4.79 Å². The largest absolute Gasteiger partial charge is 0.545 e. The highest BCUT2D eigenvalue weighted by Crippen LogP contribution is 2.34. The van der Waals surface area contributed by atoms with Crippen LogP contribution in [-0.2, 0) is 20.9 Å². The number of hydrogen-bond donors (Lipinski definition) is 0. The first-order valence-electron chi connectivity index (χ1n) is 9.25. The van der Waals surface area contributed by atoms with Crippen LogP contribution in [0, 0.1) is 0 Å². The molecule has 2 aromatic rings. The number of esters is 1. The summed E-state index contributed by atoms with van der Waals surface area (Å²) in [7, 11) is 2.64. The molecule has 0 aromatic heterocycles. The number of carboxylic acids is 1. The van der Waals surface area contributed by atoms with E-state index in [9.17, 15) is 24.3 Å². The van der Waals surface area contributed by atoms with Gasteiger partial charge >= 0.3 is 5.97 Å². The quantitative estimate of drug-likeness (QED) is 0.432. The van der Waals surface area contributed by atoms with Crippen LogP contribution in [0.3, 0.4) is 0 Å². The molecule has 10 heteroatoms. The van der Waals surface area contributed by atoms with Crippen molar-refractivity contribution in [1.82, 2.24) is 4.90 Å². The Labute approximate surface area is 187 Å². The normalized spacial score (nSPS) is 14.6. The van der Waals surface area contributed by atoms with Crippen LogP contribution in [0.2, 0.25) is 0 Å². The summed E-state index contributed by atoms with van der Waals surface area (Å²) in [5, 5.41) is 10.3. The SMILES string of the molecule is COC(=O)CN1C(=O)S/C(=C/c2ccc(OCc3ccc(C(=O)[O-])cc3)c(OC)c2)C1=O. The molecule has 0 atom stereocenters. The molecule has 3 rings (SSSR count). The third-order valence-corrected chi connectivity index (χ3v) is 5.37. The maximum Gasteiger partial charge on any atom is 0.325 e. The Hall–Kier alpha value is -3.79. The summed E-state index contributed by atoms with van der Waals surface area (Å²) >= 11 is 0.730. The zero-order chi connectivity index (χ0) is 23.3. The predicted octanol–water partition coefficient (Wildman–Crippen LogP) is 1.85. The second-order valence-electron chi connectivity index (χ2n) is 6.53. The van der Waals surface area contributed by atoms with Gasteiger partial charge in [-0.1, -0.05) is 30.3 Å². The van der Waals surface area contributed by atoms with Gasteiger partial charge in [-0.2, -0.15) is 0 Å². The number of nitrogens with zero attached hydrogens (tertiary/aromatic N) is 1. The lowest BCUT2D eigenvalue weighted by atomic mass is 10.1. The summed E-state index contributed by atoms with van der Waals surface area (Å²) in [5.74, 6) is -1.68. The molecule has 1 heterocycles. The van der Waals surface area contributed by atoms with E-state index in [-0.39, 0.29) is 17.1 Å². The van der Waals surface area contributed by atoms with Gasteiger partial charge in [0.15, 0.2) is 11.5 Å². The number of aromatic carboxylic acids is 1. The van der Waals surface area contributed by atoms with Crippen LogP contribution in [-0.4, -0.2) is 48.7 Å². The molecule has 9 nitrogen and oxygen atoms in total. The third kappa shape index (κ3) is 5.27. The van der Waals surface area contributed by atoms with Gasteiger partial charge < -0.3 is 24.1 Å². The van der Waals surface area contributed by atoms with Crippen molar-refractivity contribution in [1.29, 1.82) is 0 Å². The molecule has 0 bridgehead atoms. The average Bonchev–Trinajstić information content (AvgIpc) is 3.05. The lowest BCUT2D eigenvalue weighted by Crippen LogP contribution is -2.34. The molecule has 2 amide bonds. The van der Waals surface area contributed by atoms with Crippen molar-refractivity contribution in [3.8, 4) is 11.5 Å². The maximum absolute atomic E-state index is 12.4. The van der Waals surface area contributed by atoms with E-state index in [0.29, 0.717) is 17.1 Å². The monoisotopic (exact) mass is 456 g/mol. The number of hydrogen-bond acceptors (Lipinski definition) is 9. The van der Waals surface area contributed by atoms with E-state index in [1.165, 1.54) is 32.4 Å². The summed E-state index contributed by atoms with van der Waals surface area (Å²) in [5.41, 5.74) is 1.42. The number of rotatable bonds is 8. The van der Waals surface area contributed by atoms with Crippen LogP contribution in [0.5, 0.6) is 11.5 Å². The minimum absolute atomic E-state index is 0.0756. The van der Waals surface area contributed by atoms with Crippen LogP contribution in [0.15, 0.2) is 47.4 Å². The predicted molar refractivity (Wildman–Crippen MR) is 113 cm³/mol. The van der Waals surface area contributed by atoms with Gasteiger partial charge in [-0.3, -0.25) is 19.3 Å². The van der Waals surface area contributed by atoms with Crippen LogP contribution in [0.1, 0.15) is 21.5 Å². The first kappa shape index (κ1) is 22.9. The summed E-state index contributed by atoms with van der Waals surface area (Å²) < 4.78 is 15.6. The molecule has 0 aliphatic carbocycles. The second kappa shape index (κ2) is 10.0. The van der Waals surface area contributed by atoms with Crippen molar-refractivity contribution in [3.63, 3.8) is 0 Å². The molecule has 1 saturated heterocycles. The van der Waals surface area contributed by atoms with Crippen LogP contribution < -0.4 is 14.6 Å². The highest BCUT2D eigenvalue weighted by atomic mass is 32.2. The van der Waals surface area contributed by atoms with Crippen molar-refractivity contribution in [2.75, 3.05) is 20.8 Å². The number of carbonyl (C=O) groups is 4. The molecule has 1 fully saturated rings. The lowest BCUT2D eigenvalue weighted by molar-refractivity contribution is -0.255. The fraction of sp³-hybridized carbons (Fsp3) is 0.182. The second-order valence-corrected chi connectivity index (χ2v) is 7.52. The number of carbonyl (C=O) groups excluding carboxylic acids is 4. The zero-order valence-corrected chi connectivity index (χ0v) is 18.0. The van der Waals surface area contributed by atoms with Gasteiger partial charge in [0, 0.05) is 0 Å². The smallest absolute Gasteiger partial charge is 0.325 e. The molecule has 2 aromatic carbocycles. The number of amides is 2. The molecule has 0 unspecified atom stereocenters. The Morgan fingerprint density at radius 2 is 1.78 bits per heavy atom. The Kier molecular flexibility index (Phi) is 7.16. The van der Waals surface area contributed by atoms with E-state index in [1.807, 2.05) is 0 Å². The Balaban J connectivity index is 1.72. The number of thioether (sulfide) groups is 1. The van der Waals surface area contributed by atoms with Crippen LogP contribution >= 0.6 is 11.8 Å². The van der Waals surface area contributed by atoms with Gasteiger partial charge in [-0.15, -0.1) is 0 Å². The number of imide groups is 1. The highest BCUT2D eigenvalue weighted by molar-refractivity contribution is 8.18. The van der Waals surface area contributed by atoms with Gasteiger partial charge in [0.1, 0.15) is 13.2 Å². The van der Waals surface area contributed by atoms with Crippen molar-refractivity contribution in [2.24, 2.45) is 0 Å². The van der Waals surface area contributed by atoms with Crippen molar-refractivity contribution >= 4 is 40.9 Å². The highest BCUT2D eigenvalue weighted by Gasteiger charge is 2.36. The van der Waals surface area contributed by atoms with E-state index in [1.54, 1.807) is 30.3 Å². The van der Waals surface area contributed by atoms with Crippen molar-refractivity contribution in [2.45, 2.75) is 6.61 Å². The van der Waals surface area contributed by atoms with Gasteiger partial charge in [0.2, 0.25) is 0 Å². The fourth-order valence-electron chi connectivity index (χ4n) is 2.77. The van der Waals surface area contributed by atoms with Crippen LogP contribution in [0.25, 0.3) is 6.08 Å². The number of benzene rings is 2. The third-order valence-electron chi connectivity index (χ3n) is 4.46. The molecule has 0 saturated carbocycles. The first-order valence-corrected chi connectivity index (χ1v) is 10.1. The van der Waals surface area contributed by atoms with E-state index >= 15 is 0 Å².